The number of hydrogen-bond acceptors (Lipinski definition) is 5. The van der Waals surface area contributed by atoms with Gasteiger partial charge in [0.05, 0.1) is 12.7 Å². The van der Waals surface area contributed by atoms with E-state index in [2.05, 4.69) is 0 Å². The minimum atomic E-state index is -0.508. The molecule has 0 aliphatic rings. The maximum atomic E-state index is 12.7. The van der Waals surface area contributed by atoms with Gasteiger partial charge in [-0.3, -0.25) is 4.79 Å². The Morgan fingerprint density at radius 1 is 0.806 bits per heavy atom. The van der Waals surface area contributed by atoms with Crippen LogP contribution in [0.2, 0.25) is 0 Å². The molecule has 0 aliphatic carbocycles. The number of ether oxygens (including phenoxy) is 2. The Hall–Kier alpha value is -4.12. The standard InChI is InChI=1S/C26H18O5/c1-15(27)30-22-14-19(26(28)29-2)23(16-8-4-3-5-9-16)18-12-13-21-24(25(18)22)17-10-6-7-11-20(17)31-21/h3-14H,1-2H3. The van der Waals surface area contributed by atoms with E-state index in [1.165, 1.54) is 14.0 Å². The number of methoxy groups -OCH3 is 1. The lowest BCUT2D eigenvalue weighted by atomic mass is 9.90. The molecule has 0 saturated carbocycles. The maximum Gasteiger partial charge on any atom is 0.338 e. The average Bonchev–Trinajstić information content (AvgIpc) is 3.17. The SMILES string of the molecule is COC(=O)c1cc(OC(C)=O)c2c(ccc3oc4ccccc4c32)c1-c1ccccc1. The van der Waals surface area contributed by atoms with E-state index in [1.807, 2.05) is 66.7 Å². The molecule has 152 valence electrons. The second-order valence-electron chi connectivity index (χ2n) is 7.21. The van der Waals surface area contributed by atoms with Gasteiger partial charge in [-0.25, -0.2) is 4.79 Å². The molecule has 1 aromatic heterocycles. The van der Waals surface area contributed by atoms with Gasteiger partial charge in [-0.1, -0.05) is 48.5 Å². The van der Waals surface area contributed by atoms with Gasteiger partial charge in [0, 0.05) is 28.6 Å². The van der Waals surface area contributed by atoms with Gasteiger partial charge in [0.15, 0.2) is 0 Å². The third kappa shape index (κ3) is 3.02. The summed E-state index contributed by atoms with van der Waals surface area (Å²) in [7, 11) is 1.33. The fraction of sp³-hybridized carbons (Fsp3) is 0.0769. The fourth-order valence-corrected chi connectivity index (χ4v) is 4.12. The molecule has 1 heterocycles. The number of carbonyl (C=O) groups is 2. The second kappa shape index (κ2) is 7.29. The highest BCUT2D eigenvalue weighted by Gasteiger charge is 2.24. The summed E-state index contributed by atoms with van der Waals surface area (Å²) in [6.07, 6.45) is 0. The highest BCUT2D eigenvalue weighted by Crippen LogP contribution is 2.44. The van der Waals surface area contributed by atoms with Crippen molar-refractivity contribution in [1.29, 1.82) is 0 Å². The highest BCUT2D eigenvalue weighted by molar-refractivity contribution is 6.25. The minimum absolute atomic E-state index is 0.291. The number of carbonyl (C=O) groups excluding carboxylic acids is 2. The molecule has 0 atom stereocenters. The van der Waals surface area contributed by atoms with Crippen LogP contribution in [0.3, 0.4) is 0 Å². The molecule has 0 unspecified atom stereocenters. The van der Waals surface area contributed by atoms with E-state index in [1.54, 1.807) is 6.07 Å². The van der Waals surface area contributed by atoms with E-state index in [0.717, 1.165) is 27.3 Å². The average molecular weight is 410 g/mol. The van der Waals surface area contributed by atoms with Crippen molar-refractivity contribution < 1.29 is 23.5 Å². The summed E-state index contributed by atoms with van der Waals surface area (Å²) in [4.78, 5) is 24.7. The van der Waals surface area contributed by atoms with Crippen LogP contribution in [0.4, 0.5) is 0 Å². The Morgan fingerprint density at radius 3 is 2.29 bits per heavy atom. The van der Waals surface area contributed by atoms with Gasteiger partial charge in [0.1, 0.15) is 16.9 Å². The van der Waals surface area contributed by atoms with Crippen molar-refractivity contribution in [2.45, 2.75) is 6.92 Å². The molecule has 5 nitrogen and oxygen atoms in total. The first-order chi connectivity index (χ1) is 15.1. The molecule has 5 aromatic rings. The zero-order valence-corrected chi connectivity index (χ0v) is 17.0. The molecule has 0 N–H and O–H groups in total. The van der Waals surface area contributed by atoms with E-state index >= 15 is 0 Å². The molecule has 0 radical (unpaired) electrons. The molecule has 0 saturated heterocycles. The highest BCUT2D eigenvalue weighted by atomic mass is 16.5. The van der Waals surface area contributed by atoms with Crippen molar-refractivity contribution in [3.8, 4) is 16.9 Å². The van der Waals surface area contributed by atoms with E-state index in [4.69, 9.17) is 13.9 Å². The lowest BCUT2D eigenvalue weighted by Gasteiger charge is -2.16. The lowest BCUT2D eigenvalue weighted by Crippen LogP contribution is -2.08. The summed E-state index contributed by atoms with van der Waals surface area (Å²) < 4.78 is 16.7. The summed E-state index contributed by atoms with van der Waals surface area (Å²) in [5, 5.41) is 3.22. The van der Waals surface area contributed by atoms with Gasteiger partial charge in [-0.2, -0.15) is 0 Å². The van der Waals surface area contributed by atoms with Crippen molar-refractivity contribution in [3.63, 3.8) is 0 Å². The van der Waals surface area contributed by atoms with Crippen LogP contribution in [-0.2, 0) is 9.53 Å². The molecule has 0 spiro atoms. The van der Waals surface area contributed by atoms with Crippen molar-refractivity contribution in [1.82, 2.24) is 0 Å². The van der Waals surface area contributed by atoms with Crippen LogP contribution < -0.4 is 4.74 Å². The van der Waals surface area contributed by atoms with Crippen LogP contribution in [0.15, 0.2) is 77.2 Å². The van der Waals surface area contributed by atoms with Gasteiger partial charge in [0.25, 0.3) is 0 Å². The summed E-state index contributed by atoms with van der Waals surface area (Å²) >= 11 is 0. The zero-order valence-electron chi connectivity index (χ0n) is 17.0. The quantitative estimate of drug-likeness (QED) is 0.265. The van der Waals surface area contributed by atoms with Crippen molar-refractivity contribution in [2.75, 3.05) is 7.11 Å². The summed E-state index contributed by atoms with van der Waals surface area (Å²) in [6, 6.07) is 22.7. The number of hydrogen-bond donors (Lipinski definition) is 0. The van der Waals surface area contributed by atoms with Gasteiger partial charge in [-0.05, 0) is 35.2 Å². The number of benzene rings is 4. The van der Waals surface area contributed by atoms with Gasteiger partial charge in [0.2, 0.25) is 0 Å². The largest absolute Gasteiger partial charge is 0.465 e. The number of fused-ring (bicyclic) bond motifs is 5. The van der Waals surface area contributed by atoms with Crippen LogP contribution in [0, 0.1) is 0 Å². The predicted octanol–water partition coefficient (Wildman–Crippen LogP) is 6.12. The number of para-hydroxylation sites is 1. The monoisotopic (exact) mass is 410 g/mol. The normalized spacial score (nSPS) is 11.2. The molecule has 0 fully saturated rings. The van der Waals surface area contributed by atoms with E-state index in [0.29, 0.717) is 27.8 Å². The minimum Gasteiger partial charge on any atom is -0.465 e. The second-order valence-corrected chi connectivity index (χ2v) is 7.21. The van der Waals surface area contributed by atoms with Crippen LogP contribution in [0.5, 0.6) is 5.75 Å². The molecule has 5 rings (SSSR count). The number of esters is 2. The predicted molar refractivity (Wildman–Crippen MR) is 119 cm³/mol. The van der Waals surface area contributed by atoms with Crippen molar-refractivity contribution >= 4 is 44.6 Å². The molecule has 31 heavy (non-hydrogen) atoms. The third-order valence-electron chi connectivity index (χ3n) is 5.33. The molecule has 0 aliphatic heterocycles. The molecule has 4 aromatic carbocycles. The Balaban J connectivity index is 2.02. The third-order valence-corrected chi connectivity index (χ3v) is 5.33. The Kier molecular flexibility index (Phi) is 4.44. The Morgan fingerprint density at radius 2 is 1.55 bits per heavy atom. The van der Waals surface area contributed by atoms with Crippen LogP contribution in [0.1, 0.15) is 17.3 Å². The first-order valence-electron chi connectivity index (χ1n) is 9.81. The molecular weight excluding hydrogens is 392 g/mol. The van der Waals surface area contributed by atoms with E-state index in [-0.39, 0.29) is 0 Å². The smallest absolute Gasteiger partial charge is 0.338 e. The Labute approximate surface area is 177 Å². The van der Waals surface area contributed by atoms with Crippen molar-refractivity contribution in [2.24, 2.45) is 0 Å². The van der Waals surface area contributed by atoms with Gasteiger partial charge < -0.3 is 13.9 Å². The molecular formula is C26H18O5. The molecule has 0 bridgehead atoms. The number of furan rings is 1. The topological polar surface area (TPSA) is 65.7 Å². The van der Waals surface area contributed by atoms with E-state index in [9.17, 15) is 9.59 Å². The van der Waals surface area contributed by atoms with E-state index < -0.39 is 11.9 Å². The summed E-state index contributed by atoms with van der Waals surface area (Å²) in [5.74, 6) is -0.694. The maximum absolute atomic E-state index is 12.7. The lowest BCUT2D eigenvalue weighted by molar-refractivity contribution is -0.131. The molecule has 5 heteroatoms. The number of rotatable bonds is 3. The summed E-state index contributed by atoms with van der Waals surface area (Å²) in [5.41, 5.74) is 3.30. The first-order valence-corrected chi connectivity index (χ1v) is 9.81. The first kappa shape index (κ1) is 18.9. The summed E-state index contributed by atoms with van der Waals surface area (Å²) in [6.45, 7) is 1.34. The fourth-order valence-electron chi connectivity index (χ4n) is 4.12. The molecule has 0 amide bonds. The van der Waals surface area contributed by atoms with Gasteiger partial charge >= 0.3 is 11.9 Å². The van der Waals surface area contributed by atoms with Crippen LogP contribution in [-0.4, -0.2) is 19.0 Å². The zero-order chi connectivity index (χ0) is 21.5. The van der Waals surface area contributed by atoms with Crippen LogP contribution in [0.25, 0.3) is 43.8 Å². The van der Waals surface area contributed by atoms with Gasteiger partial charge in [-0.15, -0.1) is 0 Å². The van der Waals surface area contributed by atoms with Crippen LogP contribution >= 0.6 is 0 Å². The van der Waals surface area contributed by atoms with Crippen molar-refractivity contribution in [3.05, 3.63) is 78.4 Å². The Bertz CT molecular complexity index is 1480.